The lowest BCUT2D eigenvalue weighted by Gasteiger charge is -2.44. The standard InChI is InChI=1S/C24H42O6/c1-5-9-10-11-12-13-14-16-24(30-23(27)8-4)17-15-19(28-21(25)6-2)18-20(24)29-22(26)7-3/h19-20H,5-18H2,1-4H3. The maximum Gasteiger partial charge on any atom is 0.306 e. The number of rotatable bonds is 14. The molecule has 0 aromatic heterocycles. The van der Waals surface area contributed by atoms with E-state index in [4.69, 9.17) is 14.2 Å². The monoisotopic (exact) mass is 426 g/mol. The fourth-order valence-corrected chi connectivity index (χ4v) is 4.05. The van der Waals surface area contributed by atoms with E-state index in [1.54, 1.807) is 20.8 Å². The minimum atomic E-state index is -0.823. The maximum absolute atomic E-state index is 12.3. The van der Waals surface area contributed by atoms with Gasteiger partial charge in [-0.3, -0.25) is 14.4 Å². The summed E-state index contributed by atoms with van der Waals surface area (Å²) in [5.74, 6) is -0.857. The number of carbonyl (C=O) groups is 3. The Morgan fingerprint density at radius 1 is 0.767 bits per heavy atom. The summed E-state index contributed by atoms with van der Waals surface area (Å²) in [6, 6.07) is 0. The summed E-state index contributed by atoms with van der Waals surface area (Å²) < 4.78 is 17.2. The molecule has 6 heteroatoms. The quantitative estimate of drug-likeness (QED) is 0.203. The Balaban J connectivity index is 2.86. The van der Waals surface area contributed by atoms with E-state index in [1.807, 2.05) is 0 Å². The molecule has 3 atom stereocenters. The second-order valence-electron chi connectivity index (χ2n) is 8.34. The van der Waals surface area contributed by atoms with Gasteiger partial charge in [-0.15, -0.1) is 0 Å². The van der Waals surface area contributed by atoms with Gasteiger partial charge in [0.1, 0.15) is 17.8 Å². The van der Waals surface area contributed by atoms with Crippen molar-refractivity contribution in [3.05, 3.63) is 0 Å². The van der Waals surface area contributed by atoms with Crippen molar-refractivity contribution in [1.82, 2.24) is 0 Å². The van der Waals surface area contributed by atoms with Gasteiger partial charge in [0.2, 0.25) is 0 Å². The highest BCUT2D eigenvalue weighted by Crippen LogP contribution is 2.40. The van der Waals surface area contributed by atoms with E-state index in [1.165, 1.54) is 25.7 Å². The molecule has 6 nitrogen and oxygen atoms in total. The average Bonchev–Trinajstić information content (AvgIpc) is 2.75. The van der Waals surface area contributed by atoms with E-state index in [2.05, 4.69) is 6.92 Å². The normalized spacial score (nSPS) is 23.6. The number of carbonyl (C=O) groups excluding carboxylic acids is 3. The van der Waals surface area contributed by atoms with Crippen LogP contribution >= 0.6 is 0 Å². The zero-order chi connectivity index (χ0) is 22.4. The lowest BCUT2D eigenvalue weighted by atomic mass is 9.77. The molecule has 1 aliphatic rings. The predicted octanol–water partition coefficient (Wildman–Crippen LogP) is 5.65. The van der Waals surface area contributed by atoms with Crippen LogP contribution in [0.25, 0.3) is 0 Å². The zero-order valence-electron chi connectivity index (χ0n) is 19.5. The van der Waals surface area contributed by atoms with E-state index in [-0.39, 0.29) is 36.9 Å². The summed E-state index contributed by atoms with van der Waals surface area (Å²) in [4.78, 5) is 36.1. The zero-order valence-corrected chi connectivity index (χ0v) is 19.5. The molecule has 1 saturated carbocycles. The van der Waals surface area contributed by atoms with Crippen LogP contribution < -0.4 is 0 Å². The summed E-state index contributed by atoms with van der Waals surface area (Å²) in [5, 5.41) is 0. The van der Waals surface area contributed by atoms with Gasteiger partial charge in [-0.1, -0.05) is 66.2 Å². The summed E-state index contributed by atoms with van der Waals surface area (Å²) >= 11 is 0. The molecule has 1 rings (SSSR count). The number of hydrogen-bond acceptors (Lipinski definition) is 6. The first kappa shape index (κ1) is 26.4. The topological polar surface area (TPSA) is 78.9 Å². The number of esters is 3. The first-order valence-electron chi connectivity index (χ1n) is 12.0. The van der Waals surface area contributed by atoms with Gasteiger partial charge in [-0.25, -0.2) is 0 Å². The van der Waals surface area contributed by atoms with E-state index in [0.717, 1.165) is 19.3 Å². The second kappa shape index (κ2) is 14.4. The molecule has 0 aromatic rings. The molecule has 0 aromatic carbocycles. The molecule has 30 heavy (non-hydrogen) atoms. The van der Waals surface area contributed by atoms with E-state index in [0.29, 0.717) is 32.1 Å². The van der Waals surface area contributed by atoms with Crippen molar-refractivity contribution >= 4 is 17.9 Å². The van der Waals surface area contributed by atoms with Crippen LogP contribution in [0, 0.1) is 0 Å². The number of hydrogen-bond donors (Lipinski definition) is 0. The molecular weight excluding hydrogens is 384 g/mol. The van der Waals surface area contributed by atoms with Crippen molar-refractivity contribution in [2.75, 3.05) is 0 Å². The largest absolute Gasteiger partial charge is 0.462 e. The molecule has 0 N–H and O–H groups in total. The highest BCUT2D eigenvalue weighted by atomic mass is 16.6. The van der Waals surface area contributed by atoms with Gasteiger partial charge < -0.3 is 14.2 Å². The van der Waals surface area contributed by atoms with Gasteiger partial charge in [0, 0.05) is 25.7 Å². The highest BCUT2D eigenvalue weighted by Gasteiger charge is 2.49. The molecular formula is C24H42O6. The first-order chi connectivity index (χ1) is 14.4. The molecule has 3 unspecified atom stereocenters. The Hall–Kier alpha value is -1.59. The van der Waals surface area contributed by atoms with Gasteiger partial charge >= 0.3 is 17.9 Å². The van der Waals surface area contributed by atoms with Crippen LogP contribution in [0.2, 0.25) is 0 Å². The van der Waals surface area contributed by atoms with Crippen LogP contribution in [0.3, 0.4) is 0 Å². The van der Waals surface area contributed by atoms with Gasteiger partial charge in [-0.2, -0.15) is 0 Å². The van der Waals surface area contributed by atoms with E-state index in [9.17, 15) is 14.4 Å². The van der Waals surface area contributed by atoms with Crippen LogP contribution in [0.4, 0.5) is 0 Å². The fourth-order valence-electron chi connectivity index (χ4n) is 4.05. The third-order valence-corrected chi connectivity index (χ3v) is 5.91. The Morgan fingerprint density at radius 2 is 1.33 bits per heavy atom. The lowest BCUT2D eigenvalue weighted by molar-refractivity contribution is -0.205. The SMILES string of the molecule is CCCCCCCCCC1(OC(=O)CC)CCC(OC(=O)CC)CC1OC(=O)CC. The molecule has 1 fully saturated rings. The van der Waals surface area contributed by atoms with Crippen molar-refractivity contribution in [2.45, 2.75) is 135 Å². The Morgan fingerprint density at radius 3 is 1.93 bits per heavy atom. The third-order valence-electron chi connectivity index (χ3n) is 5.91. The van der Waals surface area contributed by atoms with Crippen molar-refractivity contribution in [1.29, 1.82) is 0 Å². The van der Waals surface area contributed by atoms with Gasteiger partial charge in [-0.05, 0) is 25.7 Å². The Labute approximate surface area is 182 Å². The molecule has 174 valence electrons. The maximum atomic E-state index is 12.3. The van der Waals surface area contributed by atoms with Gasteiger partial charge in [0.05, 0.1) is 0 Å². The molecule has 0 heterocycles. The first-order valence-corrected chi connectivity index (χ1v) is 12.0. The molecule has 0 radical (unpaired) electrons. The van der Waals surface area contributed by atoms with Crippen molar-refractivity contribution in [3.8, 4) is 0 Å². The lowest BCUT2D eigenvalue weighted by Crippen LogP contribution is -2.54. The third kappa shape index (κ3) is 9.05. The summed E-state index contributed by atoms with van der Waals surface area (Å²) in [5.41, 5.74) is -0.823. The smallest absolute Gasteiger partial charge is 0.306 e. The Bertz CT molecular complexity index is 532. The average molecular weight is 427 g/mol. The molecule has 0 bridgehead atoms. The van der Waals surface area contributed by atoms with Crippen LogP contribution in [-0.2, 0) is 28.6 Å². The van der Waals surface area contributed by atoms with Crippen LogP contribution in [0.5, 0.6) is 0 Å². The van der Waals surface area contributed by atoms with Gasteiger partial charge in [0.25, 0.3) is 0 Å². The Kier molecular flexibility index (Phi) is 12.7. The van der Waals surface area contributed by atoms with E-state index >= 15 is 0 Å². The number of unbranched alkanes of at least 4 members (excludes halogenated alkanes) is 6. The molecule has 0 saturated heterocycles. The van der Waals surface area contributed by atoms with Gasteiger partial charge in [0.15, 0.2) is 0 Å². The van der Waals surface area contributed by atoms with Crippen molar-refractivity contribution in [2.24, 2.45) is 0 Å². The van der Waals surface area contributed by atoms with Crippen LogP contribution in [0.1, 0.15) is 118 Å². The highest BCUT2D eigenvalue weighted by molar-refractivity contribution is 5.71. The second-order valence-corrected chi connectivity index (χ2v) is 8.34. The summed E-state index contributed by atoms with van der Waals surface area (Å²) in [6.07, 6.45) is 10.3. The van der Waals surface area contributed by atoms with Crippen LogP contribution in [-0.4, -0.2) is 35.7 Å². The number of ether oxygens (including phenoxy) is 3. The summed E-state index contributed by atoms with van der Waals surface area (Å²) in [7, 11) is 0. The summed E-state index contributed by atoms with van der Waals surface area (Å²) in [6.45, 7) is 7.48. The van der Waals surface area contributed by atoms with Crippen molar-refractivity contribution in [3.63, 3.8) is 0 Å². The van der Waals surface area contributed by atoms with Crippen molar-refractivity contribution < 1.29 is 28.6 Å². The van der Waals surface area contributed by atoms with Crippen LogP contribution in [0.15, 0.2) is 0 Å². The molecule has 1 aliphatic carbocycles. The molecule has 0 aliphatic heterocycles. The predicted molar refractivity (Wildman–Crippen MR) is 116 cm³/mol. The fraction of sp³-hybridized carbons (Fsp3) is 0.875. The van der Waals surface area contributed by atoms with E-state index < -0.39 is 11.7 Å². The molecule has 0 spiro atoms. The molecule has 0 amide bonds. The minimum Gasteiger partial charge on any atom is -0.462 e. The minimum absolute atomic E-state index is 0.255.